The van der Waals surface area contributed by atoms with E-state index in [4.69, 9.17) is 4.74 Å². The summed E-state index contributed by atoms with van der Waals surface area (Å²) in [7, 11) is 0. The largest absolute Gasteiger partial charge is 0.492 e. The van der Waals surface area contributed by atoms with Gasteiger partial charge < -0.3 is 10.1 Å². The molecule has 0 spiro atoms. The van der Waals surface area contributed by atoms with Crippen molar-refractivity contribution in [1.82, 2.24) is 5.32 Å². The summed E-state index contributed by atoms with van der Waals surface area (Å²) < 4.78 is 31.1. The minimum atomic E-state index is -0.606. The highest BCUT2D eigenvalue weighted by molar-refractivity contribution is 5.23. The standard InChI is InChI=1S/C15H21F2NO/c16-13-8-14(17)10-15(9-13)19-7-6-18-11-12-4-2-1-3-5-12/h8-10,12,18H,1-7,11H2. The summed E-state index contributed by atoms with van der Waals surface area (Å²) in [4.78, 5) is 0. The monoisotopic (exact) mass is 269 g/mol. The Kier molecular flexibility index (Phi) is 5.58. The van der Waals surface area contributed by atoms with Crippen molar-refractivity contribution in [2.75, 3.05) is 19.7 Å². The number of nitrogens with one attached hydrogen (secondary N) is 1. The molecule has 0 unspecified atom stereocenters. The van der Waals surface area contributed by atoms with Crippen molar-refractivity contribution in [3.05, 3.63) is 29.8 Å². The molecular weight excluding hydrogens is 248 g/mol. The summed E-state index contributed by atoms with van der Waals surface area (Å²) in [5.41, 5.74) is 0. The summed E-state index contributed by atoms with van der Waals surface area (Å²) in [6.45, 7) is 2.14. The fourth-order valence-electron chi connectivity index (χ4n) is 2.55. The Labute approximate surface area is 113 Å². The maximum Gasteiger partial charge on any atom is 0.129 e. The van der Waals surface area contributed by atoms with Crippen LogP contribution in [-0.2, 0) is 0 Å². The van der Waals surface area contributed by atoms with Crippen molar-refractivity contribution in [1.29, 1.82) is 0 Å². The molecule has 2 rings (SSSR count). The van der Waals surface area contributed by atoms with Crippen molar-refractivity contribution in [2.24, 2.45) is 5.92 Å². The van der Waals surface area contributed by atoms with Gasteiger partial charge in [0.1, 0.15) is 24.0 Å². The minimum absolute atomic E-state index is 0.247. The Balaban J connectivity index is 1.60. The molecule has 0 aliphatic heterocycles. The molecule has 0 atom stereocenters. The van der Waals surface area contributed by atoms with E-state index in [2.05, 4.69) is 5.32 Å². The van der Waals surface area contributed by atoms with Gasteiger partial charge in [0, 0.05) is 24.7 Å². The predicted octanol–water partition coefficient (Wildman–Crippen LogP) is 3.51. The molecule has 1 aromatic carbocycles. The zero-order valence-corrected chi connectivity index (χ0v) is 11.1. The Morgan fingerprint density at radius 1 is 1.05 bits per heavy atom. The fourth-order valence-corrected chi connectivity index (χ4v) is 2.55. The predicted molar refractivity (Wildman–Crippen MR) is 71.3 cm³/mol. The Hall–Kier alpha value is -1.16. The molecule has 1 N–H and O–H groups in total. The van der Waals surface area contributed by atoms with E-state index in [1.807, 2.05) is 0 Å². The van der Waals surface area contributed by atoms with Gasteiger partial charge in [-0.1, -0.05) is 19.3 Å². The first-order chi connectivity index (χ1) is 9.24. The fraction of sp³-hybridized carbons (Fsp3) is 0.600. The first-order valence-corrected chi connectivity index (χ1v) is 7.03. The van der Waals surface area contributed by atoms with Crippen LogP contribution in [0.2, 0.25) is 0 Å². The van der Waals surface area contributed by atoms with Gasteiger partial charge in [-0.2, -0.15) is 0 Å². The van der Waals surface area contributed by atoms with Crippen molar-refractivity contribution in [2.45, 2.75) is 32.1 Å². The average Bonchev–Trinajstić information content (AvgIpc) is 2.38. The zero-order chi connectivity index (χ0) is 13.5. The maximum atomic E-state index is 12.9. The second-order valence-electron chi connectivity index (χ2n) is 5.16. The van der Waals surface area contributed by atoms with E-state index in [-0.39, 0.29) is 5.75 Å². The number of ether oxygens (including phenoxy) is 1. The van der Waals surface area contributed by atoms with Crippen molar-refractivity contribution in [3.8, 4) is 5.75 Å². The van der Waals surface area contributed by atoms with Crippen LogP contribution < -0.4 is 10.1 Å². The Bertz CT molecular complexity index is 371. The summed E-state index contributed by atoms with van der Waals surface area (Å²) in [6, 6.07) is 3.24. The number of hydrogen-bond donors (Lipinski definition) is 1. The van der Waals surface area contributed by atoms with Crippen LogP contribution in [0, 0.1) is 17.6 Å². The molecule has 1 fully saturated rings. The molecule has 1 aliphatic rings. The number of rotatable bonds is 6. The molecule has 1 aromatic rings. The van der Waals surface area contributed by atoms with Crippen molar-refractivity contribution < 1.29 is 13.5 Å². The first kappa shape index (κ1) is 14.3. The Morgan fingerprint density at radius 2 is 1.74 bits per heavy atom. The summed E-state index contributed by atoms with van der Waals surface area (Å²) in [5, 5.41) is 3.34. The minimum Gasteiger partial charge on any atom is -0.492 e. The molecule has 19 heavy (non-hydrogen) atoms. The molecule has 4 heteroatoms. The second-order valence-corrected chi connectivity index (χ2v) is 5.16. The van der Waals surface area contributed by atoms with E-state index in [1.165, 1.54) is 44.2 Å². The second kappa shape index (κ2) is 7.43. The van der Waals surface area contributed by atoms with Gasteiger partial charge in [-0.3, -0.25) is 0 Å². The van der Waals surface area contributed by atoms with Gasteiger partial charge in [-0.15, -0.1) is 0 Å². The normalized spacial score (nSPS) is 16.5. The van der Waals surface area contributed by atoms with E-state index in [0.29, 0.717) is 13.2 Å². The summed E-state index contributed by atoms with van der Waals surface area (Å²) in [6.07, 6.45) is 6.66. The lowest BCUT2D eigenvalue weighted by Gasteiger charge is -2.21. The van der Waals surface area contributed by atoms with Gasteiger partial charge in [0.05, 0.1) is 0 Å². The molecule has 0 aromatic heterocycles. The average molecular weight is 269 g/mol. The third-order valence-corrected chi connectivity index (χ3v) is 3.54. The smallest absolute Gasteiger partial charge is 0.129 e. The van der Waals surface area contributed by atoms with Crippen LogP contribution in [-0.4, -0.2) is 19.7 Å². The molecule has 0 bridgehead atoms. The summed E-state index contributed by atoms with van der Waals surface area (Å²) >= 11 is 0. The van der Waals surface area contributed by atoms with Gasteiger partial charge in [0.15, 0.2) is 0 Å². The molecule has 1 saturated carbocycles. The topological polar surface area (TPSA) is 21.3 Å². The van der Waals surface area contributed by atoms with Crippen LogP contribution in [0.15, 0.2) is 18.2 Å². The number of benzene rings is 1. The lowest BCUT2D eigenvalue weighted by Crippen LogP contribution is -2.28. The highest BCUT2D eigenvalue weighted by Gasteiger charge is 2.12. The highest BCUT2D eigenvalue weighted by atomic mass is 19.1. The maximum absolute atomic E-state index is 12.9. The first-order valence-electron chi connectivity index (χ1n) is 7.03. The molecular formula is C15H21F2NO. The lowest BCUT2D eigenvalue weighted by molar-refractivity contribution is 0.292. The number of halogens is 2. The van der Waals surface area contributed by atoms with Crippen LogP contribution in [0.3, 0.4) is 0 Å². The quantitative estimate of drug-likeness (QED) is 0.798. The van der Waals surface area contributed by atoms with E-state index in [9.17, 15) is 8.78 Å². The van der Waals surface area contributed by atoms with E-state index < -0.39 is 11.6 Å². The lowest BCUT2D eigenvalue weighted by atomic mass is 9.89. The van der Waals surface area contributed by atoms with E-state index in [1.54, 1.807) is 0 Å². The molecule has 0 heterocycles. The van der Waals surface area contributed by atoms with Crippen LogP contribution in [0.1, 0.15) is 32.1 Å². The van der Waals surface area contributed by atoms with Crippen molar-refractivity contribution >= 4 is 0 Å². The molecule has 0 saturated heterocycles. The van der Waals surface area contributed by atoms with Crippen LogP contribution in [0.5, 0.6) is 5.75 Å². The van der Waals surface area contributed by atoms with Gasteiger partial charge >= 0.3 is 0 Å². The molecule has 0 radical (unpaired) electrons. The third kappa shape index (κ3) is 5.15. The van der Waals surface area contributed by atoms with E-state index >= 15 is 0 Å². The van der Waals surface area contributed by atoms with Crippen LogP contribution in [0.25, 0.3) is 0 Å². The Morgan fingerprint density at radius 3 is 2.42 bits per heavy atom. The van der Waals surface area contributed by atoms with Crippen LogP contribution >= 0.6 is 0 Å². The van der Waals surface area contributed by atoms with Gasteiger partial charge in [-0.05, 0) is 25.3 Å². The van der Waals surface area contributed by atoms with Crippen molar-refractivity contribution in [3.63, 3.8) is 0 Å². The molecule has 106 valence electrons. The van der Waals surface area contributed by atoms with Gasteiger partial charge in [0.2, 0.25) is 0 Å². The molecule has 0 amide bonds. The SMILES string of the molecule is Fc1cc(F)cc(OCCNCC2CCCCC2)c1. The van der Waals surface area contributed by atoms with Crippen LogP contribution in [0.4, 0.5) is 8.78 Å². The number of hydrogen-bond acceptors (Lipinski definition) is 2. The zero-order valence-electron chi connectivity index (χ0n) is 11.1. The highest BCUT2D eigenvalue weighted by Crippen LogP contribution is 2.22. The summed E-state index contributed by atoms with van der Waals surface area (Å²) in [5.74, 6) is -0.187. The van der Waals surface area contributed by atoms with Gasteiger partial charge in [0.25, 0.3) is 0 Å². The van der Waals surface area contributed by atoms with Gasteiger partial charge in [-0.25, -0.2) is 8.78 Å². The van der Waals surface area contributed by atoms with E-state index in [0.717, 1.165) is 18.5 Å². The molecule has 1 aliphatic carbocycles. The third-order valence-electron chi connectivity index (χ3n) is 3.54. The molecule has 2 nitrogen and oxygen atoms in total.